The number of hydrogen-bond donors (Lipinski definition) is 2. The summed E-state index contributed by atoms with van der Waals surface area (Å²) >= 11 is 0. The van der Waals surface area contributed by atoms with Gasteiger partial charge in [-0.15, -0.1) is 0 Å². The maximum atomic E-state index is 12.5. The van der Waals surface area contributed by atoms with Gasteiger partial charge in [-0.1, -0.05) is 0 Å². The number of nitrogens with two attached hydrogens (primary N) is 1. The molecule has 1 aromatic carbocycles. The van der Waals surface area contributed by atoms with Crippen molar-refractivity contribution in [2.75, 3.05) is 0 Å². The summed E-state index contributed by atoms with van der Waals surface area (Å²) in [7, 11) is 0. The molecule has 9 heteroatoms. The fourth-order valence-electron chi connectivity index (χ4n) is 1.43. The highest BCUT2D eigenvalue weighted by Crippen LogP contribution is 2.32. The van der Waals surface area contributed by atoms with Gasteiger partial charge in [-0.05, 0) is 12.1 Å². The molecule has 0 aliphatic carbocycles. The standard InChI is InChI=1S/C10H9F3N2O4/c11-10(12,13)6-1-2-8(15(18)19)5(3-6)4-7(14)9(16)17/h1-3,7H,4,14H2,(H,16,17)/t7-/m0/s1. The molecule has 1 aromatic rings. The zero-order valence-electron chi connectivity index (χ0n) is 9.35. The summed E-state index contributed by atoms with van der Waals surface area (Å²) in [6.45, 7) is 0. The van der Waals surface area contributed by atoms with Gasteiger partial charge in [0.2, 0.25) is 0 Å². The lowest BCUT2D eigenvalue weighted by Crippen LogP contribution is -2.32. The molecule has 0 aliphatic rings. The highest BCUT2D eigenvalue weighted by Gasteiger charge is 2.32. The van der Waals surface area contributed by atoms with Gasteiger partial charge in [-0.2, -0.15) is 13.2 Å². The van der Waals surface area contributed by atoms with E-state index in [2.05, 4.69) is 0 Å². The van der Waals surface area contributed by atoms with E-state index < -0.39 is 40.8 Å². The maximum absolute atomic E-state index is 12.5. The van der Waals surface area contributed by atoms with Crippen molar-refractivity contribution in [3.05, 3.63) is 39.4 Å². The van der Waals surface area contributed by atoms with Crippen LogP contribution in [0.1, 0.15) is 11.1 Å². The Kier molecular flexibility index (Phi) is 4.10. The lowest BCUT2D eigenvalue weighted by molar-refractivity contribution is -0.385. The molecule has 0 bridgehead atoms. The van der Waals surface area contributed by atoms with Crippen molar-refractivity contribution in [1.82, 2.24) is 0 Å². The molecular formula is C10H9F3N2O4. The zero-order chi connectivity index (χ0) is 14.8. The van der Waals surface area contributed by atoms with Crippen molar-refractivity contribution in [3.63, 3.8) is 0 Å². The number of benzene rings is 1. The molecule has 0 spiro atoms. The lowest BCUT2D eigenvalue weighted by Gasteiger charge is -2.11. The van der Waals surface area contributed by atoms with Gasteiger partial charge in [0.15, 0.2) is 0 Å². The van der Waals surface area contributed by atoms with E-state index in [4.69, 9.17) is 10.8 Å². The SMILES string of the molecule is N[C@@H](Cc1cc(C(F)(F)F)ccc1[N+](=O)[O-])C(=O)O. The van der Waals surface area contributed by atoms with Crippen LogP contribution in [0.4, 0.5) is 18.9 Å². The Hall–Kier alpha value is -2.16. The average molecular weight is 278 g/mol. The first-order valence-electron chi connectivity index (χ1n) is 4.96. The Morgan fingerprint density at radius 2 is 2.05 bits per heavy atom. The second kappa shape index (κ2) is 5.22. The van der Waals surface area contributed by atoms with E-state index >= 15 is 0 Å². The summed E-state index contributed by atoms with van der Waals surface area (Å²) < 4.78 is 37.4. The van der Waals surface area contributed by atoms with Crippen molar-refractivity contribution in [2.45, 2.75) is 18.6 Å². The molecule has 0 aromatic heterocycles. The molecule has 0 saturated heterocycles. The minimum Gasteiger partial charge on any atom is -0.480 e. The van der Waals surface area contributed by atoms with Crippen LogP contribution >= 0.6 is 0 Å². The van der Waals surface area contributed by atoms with Gasteiger partial charge in [0.25, 0.3) is 5.69 Å². The summed E-state index contributed by atoms with van der Waals surface area (Å²) in [4.78, 5) is 20.3. The monoisotopic (exact) mass is 278 g/mol. The lowest BCUT2D eigenvalue weighted by atomic mass is 10.0. The summed E-state index contributed by atoms with van der Waals surface area (Å²) in [6.07, 6.45) is -5.23. The van der Waals surface area contributed by atoms with E-state index in [1.165, 1.54) is 0 Å². The summed E-state index contributed by atoms with van der Waals surface area (Å²) in [5, 5.41) is 19.3. The van der Waals surface area contributed by atoms with E-state index in [1.807, 2.05) is 0 Å². The maximum Gasteiger partial charge on any atom is 0.416 e. The number of carboxylic acids is 1. The van der Waals surface area contributed by atoms with Crippen LogP contribution in [0.3, 0.4) is 0 Å². The molecule has 6 nitrogen and oxygen atoms in total. The van der Waals surface area contributed by atoms with E-state index in [0.717, 1.165) is 0 Å². The van der Waals surface area contributed by atoms with Crippen LogP contribution < -0.4 is 5.73 Å². The van der Waals surface area contributed by atoms with Crippen molar-refractivity contribution < 1.29 is 28.0 Å². The number of nitro benzene ring substituents is 1. The molecule has 0 aliphatic heterocycles. The van der Waals surface area contributed by atoms with Gasteiger partial charge in [0.1, 0.15) is 6.04 Å². The van der Waals surface area contributed by atoms with E-state index in [1.54, 1.807) is 0 Å². The van der Waals surface area contributed by atoms with Crippen molar-refractivity contribution in [1.29, 1.82) is 0 Å². The van der Waals surface area contributed by atoms with Crippen molar-refractivity contribution in [3.8, 4) is 0 Å². The van der Waals surface area contributed by atoms with Crippen molar-refractivity contribution in [2.24, 2.45) is 5.73 Å². The first-order chi connectivity index (χ1) is 8.62. The molecule has 0 fully saturated rings. The Morgan fingerprint density at radius 3 is 2.47 bits per heavy atom. The number of nitro groups is 1. The third kappa shape index (κ3) is 3.65. The van der Waals surface area contributed by atoms with Crippen LogP contribution in [0.15, 0.2) is 18.2 Å². The van der Waals surface area contributed by atoms with Gasteiger partial charge in [0.05, 0.1) is 10.5 Å². The summed E-state index contributed by atoms with van der Waals surface area (Å²) in [6, 6.07) is 0.281. The highest BCUT2D eigenvalue weighted by molar-refractivity contribution is 5.73. The number of rotatable bonds is 4. The molecule has 0 unspecified atom stereocenters. The Labute approximate surface area is 104 Å². The number of hydrogen-bond acceptors (Lipinski definition) is 4. The Bertz CT molecular complexity index is 516. The molecular weight excluding hydrogens is 269 g/mol. The minimum atomic E-state index is -4.67. The fourth-order valence-corrected chi connectivity index (χ4v) is 1.43. The van der Waals surface area contributed by atoms with Crippen molar-refractivity contribution >= 4 is 11.7 Å². The minimum absolute atomic E-state index is 0.366. The van der Waals surface area contributed by atoms with Crippen LogP contribution in [-0.4, -0.2) is 22.0 Å². The number of aliphatic carboxylic acids is 1. The molecule has 1 atom stereocenters. The third-order valence-electron chi connectivity index (χ3n) is 2.36. The summed E-state index contributed by atoms with van der Waals surface area (Å²) in [5.41, 5.74) is 3.12. The molecule has 0 radical (unpaired) electrons. The second-order valence-electron chi connectivity index (χ2n) is 3.75. The molecule has 0 saturated carbocycles. The van der Waals surface area contributed by atoms with Crippen LogP contribution in [0.25, 0.3) is 0 Å². The van der Waals surface area contributed by atoms with Gasteiger partial charge in [-0.3, -0.25) is 14.9 Å². The number of halogens is 3. The molecule has 3 N–H and O–H groups in total. The molecule has 0 amide bonds. The zero-order valence-corrected chi connectivity index (χ0v) is 9.35. The van der Waals surface area contributed by atoms with Gasteiger partial charge in [-0.25, -0.2) is 0 Å². The molecule has 1 rings (SSSR count). The van der Waals surface area contributed by atoms with Gasteiger partial charge < -0.3 is 10.8 Å². The van der Waals surface area contributed by atoms with E-state index in [9.17, 15) is 28.1 Å². The predicted octanol–water partition coefficient (Wildman–Crippen LogP) is 1.57. The molecule has 0 heterocycles. The van der Waals surface area contributed by atoms with E-state index in [-0.39, 0.29) is 5.56 Å². The smallest absolute Gasteiger partial charge is 0.416 e. The Morgan fingerprint density at radius 1 is 1.47 bits per heavy atom. The number of nitrogens with zero attached hydrogens (tertiary/aromatic N) is 1. The third-order valence-corrected chi connectivity index (χ3v) is 2.36. The number of alkyl halides is 3. The van der Waals surface area contributed by atoms with E-state index in [0.29, 0.717) is 18.2 Å². The van der Waals surface area contributed by atoms with Gasteiger partial charge in [0, 0.05) is 18.1 Å². The topological polar surface area (TPSA) is 106 Å². The van der Waals surface area contributed by atoms with Crippen LogP contribution in [-0.2, 0) is 17.4 Å². The second-order valence-corrected chi connectivity index (χ2v) is 3.75. The average Bonchev–Trinajstić information content (AvgIpc) is 2.27. The predicted molar refractivity (Wildman–Crippen MR) is 57.4 cm³/mol. The molecule has 104 valence electrons. The normalized spacial score (nSPS) is 13.1. The number of carboxylic acid groups (broad SMARTS) is 1. The van der Waals surface area contributed by atoms with Crippen LogP contribution in [0.2, 0.25) is 0 Å². The fraction of sp³-hybridized carbons (Fsp3) is 0.300. The Balaban J connectivity index is 3.23. The summed E-state index contributed by atoms with van der Waals surface area (Å²) in [5.74, 6) is -1.45. The quantitative estimate of drug-likeness (QED) is 0.642. The largest absolute Gasteiger partial charge is 0.480 e. The highest BCUT2D eigenvalue weighted by atomic mass is 19.4. The molecule has 19 heavy (non-hydrogen) atoms. The van der Waals surface area contributed by atoms with Gasteiger partial charge >= 0.3 is 12.1 Å². The van der Waals surface area contributed by atoms with Crippen LogP contribution in [0.5, 0.6) is 0 Å². The van der Waals surface area contributed by atoms with Crippen LogP contribution in [0, 0.1) is 10.1 Å². The number of carbonyl (C=O) groups is 1. The first kappa shape index (κ1) is 14.9. The first-order valence-corrected chi connectivity index (χ1v) is 4.96.